The van der Waals surface area contributed by atoms with Crippen LogP contribution in [0, 0.1) is 0 Å². The van der Waals surface area contributed by atoms with E-state index in [1.54, 1.807) is 0 Å². The van der Waals surface area contributed by atoms with E-state index in [9.17, 15) is 0 Å². The maximum absolute atomic E-state index is 3.87. The average molecular weight is 272 g/mol. The van der Waals surface area contributed by atoms with Crippen LogP contribution in [-0.2, 0) is 0 Å². The molecule has 2 heteroatoms. The van der Waals surface area contributed by atoms with Crippen LogP contribution in [0.25, 0.3) is 0 Å². The molecule has 3 rings (SSSR count). The average Bonchev–Trinajstić information content (AvgIpc) is 3.04. The molecular weight excluding hydrogens is 244 g/mol. The molecule has 3 atom stereocenters. The summed E-state index contributed by atoms with van der Waals surface area (Å²) in [6.45, 7) is 9.43. The SMILES string of the molecule is CC(C)c1ccc(C(C)NC2CCN3CCCC23)cc1. The van der Waals surface area contributed by atoms with Gasteiger partial charge in [0.2, 0.25) is 0 Å². The van der Waals surface area contributed by atoms with Crippen LogP contribution in [0.4, 0.5) is 0 Å². The highest BCUT2D eigenvalue weighted by molar-refractivity contribution is 5.26. The zero-order chi connectivity index (χ0) is 14.1. The third-order valence-corrected chi connectivity index (χ3v) is 5.17. The monoisotopic (exact) mass is 272 g/mol. The highest BCUT2D eigenvalue weighted by atomic mass is 15.2. The number of fused-ring (bicyclic) bond motifs is 1. The maximum Gasteiger partial charge on any atom is 0.0295 e. The molecular formula is C18H28N2. The summed E-state index contributed by atoms with van der Waals surface area (Å²) in [5.74, 6) is 0.620. The lowest BCUT2D eigenvalue weighted by molar-refractivity contribution is 0.291. The lowest BCUT2D eigenvalue weighted by Crippen LogP contribution is -2.40. The molecule has 20 heavy (non-hydrogen) atoms. The van der Waals surface area contributed by atoms with E-state index in [0.29, 0.717) is 18.0 Å². The molecule has 2 heterocycles. The summed E-state index contributed by atoms with van der Waals surface area (Å²) >= 11 is 0. The minimum absolute atomic E-state index is 0.460. The summed E-state index contributed by atoms with van der Waals surface area (Å²) in [4.78, 5) is 2.67. The largest absolute Gasteiger partial charge is 0.306 e. The van der Waals surface area contributed by atoms with Crippen molar-refractivity contribution in [2.24, 2.45) is 0 Å². The van der Waals surface area contributed by atoms with Crippen molar-refractivity contribution in [3.05, 3.63) is 35.4 Å². The molecule has 0 radical (unpaired) electrons. The Morgan fingerprint density at radius 3 is 2.40 bits per heavy atom. The van der Waals surface area contributed by atoms with Gasteiger partial charge in [0.1, 0.15) is 0 Å². The van der Waals surface area contributed by atoms with Gasteiger partial charge in [0.05, 0.1) is 0 Å². The fourth-order valence-electron chi connectivity index (χ4n) is 3.86. The first-order valence-corrected chi connectivity index (χ1v) is 8.25. The summed E-state index contributed by atoms with van der Waals surface area (Å²) in [5, 5.41) is 3.87. The second kappa shape index (κ2) is 5.87. The predicted molar refractivity (Wildman–Crippen MR) is 85.1 cm³/mol. The molecule has 1 aromatic rings. The van der Waals surface area contributed by atoms with Gasteiger partial charge in [-0.15, -0.1) is 0 Å². The number of hydrogen-bond acceptors (Lipinski definition) is 2. The summed E-state index contributed by atoms with van der Waals surface area (Å²) in [5.41, 5.74) is 2.86. The van der Waals surface area contributed by atoms with E-state index in [1.165, 1.54) is 43.5 Å². The number of nitrogens with zero attached hydrogens (tertiary/aromatic N) is 1. The second-order valence-corrected chi connectivity index (χ2v) is 6.85. The summed E-state index contributed by atoms with van der Waals surface area (Å²) < 4.78 is 0. The third-order valence-electron chi connectivity index (χ3n) is 5.17. The fraction of sp³-hybridized carbons (Fsp3) is 0.667. The van der Waals surface area contributed by atoms with Gasteiger partial charge in [0, 0.05) is 24.7 Å². The van der Waals surface area contributed by atoms with Crippen LogP contribution in [-0.4, -0.2) is 30.1 Å². The Bertz CT molecular complexity index is 437. The van der Waals surface area contributed by atoms with Crippen molar-refractivity contribution in [3.8, 4) is 0 Å². The van der Waals surface area contributed by atoms with Gasteiger partial charge in [0.25, 0.3) is 0 Å². The third kappa shape index (κ3) is 2.77. The molecule has 0 aromatic heterocycles. The smallest absolute Gasteiger partial charge is 0.0295 e. The van der Waals surface area contributed by atoms with Gasteiger partial charge < -0.3 is 5.32 Å². The van der Waals surface area contributed by atoms with E-state index in [1.807, 2.05) is 0 Å². The molecule has 2 aliphatic heterocycles. The van der Waals surface area contributed by atoms with Crippen LogP contribution < -0.4 is 5.32 Å². The zero-order valence-electron chi connectivity index (χ0n) is 13.1. The van der Waals surface area contributed by atoms with Crippen molar-refractivity contribution in [2.45, 2.75) is 64.1 Å². The quantitative estimate of drug-likeness (QED) is 0.899. The van der Waals surface area contributed by atoms with Gasteiger partial charge in [-0.05, 0) is 49.8 Å². The molecule has 0 amide bonds. The molecule has 1 aromatic carbocycles. The number of rotatable bonds is 4. The summed E-state index contributed by atoms with van der Waals surface area (Å²) in [7, 11) is 0. The van der Waals surface area contributed by atoms with Crippen LogP contribution >= 0.6 is 0 Å². The Morgan fingerprint density at radius 1 is 1.00 bits per heavy atom. The first-order valence-electron chi connectivity index (χ1n) is 8.25. The van der Waals surface area contributed by atoms with E-state index in [2.05, 4.69) is 55.3 Å². The topological polar surface area (TPSA) is 15.3 Å². The van der Waals surface area contributed by atoms with Gasteiger partial charge in [0.15, 0.2) is 0 Å². The van der Waals surface area contributed by atoms with E-state index in [-0.39, 0.29) is 0 Å². The predicted octanol–water partition coefficient (Wildman–Crippen LogP) is 3.70. The van der Waals surface area contributed by atoms with E-state index in [0.717, 1.165) is 6.04 Å². The second-order valence-electron chi connectivity index (χ2n) is 6.85. The van der Waals surface area contributed by atoms with Gasteiger partial charge >= 0.3 is 0 Å². The van der Waals surface area contributed by atoms with Crippen LogP contribution in [0.5, 0.6) is 0 Å². The van der Waals surface area contributed by atoms with Crippen molar-refractivity contribution >= 4 is 0 Å². The lowest BCUT2D eigenvalue weighted by atomic mass is 9.98. The Labute approximate surface area is 123 Å². The summed E-state index contributed by atoms with van der Waals surface area (Å²) in [6.07, 6.45) is 4.09. The Balaban J connectivity index is 1.62. The van der Waals surface area contributed by atoms with Crippen LogP contribution in [0.1, 0.15) is 63.1 Å². The molecule has 0 saturated carbocycles. The standard InChI is InChI=1S/C18H28N2/c1-13(2)15-6-8-16(9-7-15)14(3)19-17-10-12-20-11-4-5-18(17)20/h6-9,13-14,17-19H,4-5,10-12H2,1-3H3. The highest BCUT2D eigenvalue weighted by Crippen LogP contribution is 2.29. The van der Waals surface area contributed by atoms with Crippen molar-refractivity contribution in [1.29, 1.82) is 0 Å². The van der Waals surface area contributed by atoms with Crippen molar-refractivity contribution in [3.63, 3.8) is 0 Å². The molecule has 110 valence electrons. The lowest BCUT2D eigenvalue weighted by Gasteiger charge is -2.25. The maximum atomic E-state index is 3.87. The van der Waals surface area contributed by atoms with Gasteiger partial charge in [-0.1, -0.05) is 38.1 Å². The van der Waals surface area contributed by atoms with Crippen LogP contribution in [0.2, 0.25) is 0 Å². The normalized spacial score (nSPS) is 28.0. The Hall–Kier alpha value is -0.860. The van der Waals surface area contributed by atoms with Gasteiger partial charge in [-0.2, -0.15) is 0 Å². The van der Waals surface area contributed by atoms with Crippen LogP contribution in [0.15, 0.2) is 24.3 Å². The van der Waals surface area contributed by atoms with Crippen molar-refractivity contribution in [1.82, 2.24) is 10.2 Å². The minimum Gasteiger partial charge on any atom is -0.306 e. The van der Waals surface area contributed by atoms with E-state index in [4.69, 9.17) is 0 Å². The fourth-order valence-corrected chi connectivity index (χ4v) is 3.86. The molecule has 2 aliphatic rings. The van der Waals surface area contributed by atoms with Gasteiger partial charge in [-0.3, -0.25) is 4.90 Å². The molecule has 1 N–H and O–H groups in total. The van der Waals surface area contributed by atoms with Crippen molar-refractivity contribution < 1.29 is 0 Å². The molecule has 0 bridgehead atoms. The van der Waals surface area contributed by atoms with Crippen molar-refractivity contribution in [2.75, 3.05) is 13.1 Å². The highest BCUT2D eigenvalue weighted by Gasteiger charge is 2.37. The molecule has 2 saturated heterocycles. The number of nitrogens with one attached hydrogen (secondary N) is 1. The first-order chi connectivity index (χ1) is 9.65. The molecule has 2 fully saturated rings. The Morgan fingerprint density at radius 2 is 1.70 bits per heavy atom. The first kappa shape index (κ1) is 14.1. The minimum atomic E-state index is 0.460. The van der Waals surface area contributed by atoms with E-state index < -0.39 is 0 Å². The van der Waals surface area contributed by atoms with E-state index >= 15 is 0 Å². The molecule has 0 spiro atoms. The number of hydrogen-bond donors (Lipinski definition) is 1. The van der Waals surface area contributed by atoms with Crippen LogP contribution in [0.3, 0.4) is 0 Å². The summed E-state index contributed by atoms with van der Waals surface area (Å²) in [6, 6.07) is 11.1. The van der Waals surface area contributed by atoms with Gasteiger partial charge in [-0.25, -0.2) is 0 Å². The Kier molecular flexibility index (Phi) is 4.13. The molecule has 3 unspecified atom stereocenters. The molecule has 2 nitrogen and oxygen atoms in total. The zero-order valence-corrected chi connectivity index (χ0v) is 13.1. The number of benzene rings is 1. The molecule has 0 aliphatic carbocycles.